The molecule has 5 heteroatoms. The Morgan fingerprint density at radius 2 is 1.64 bits per heavy atom. The summed E-state index contributed by atoms with van der Waals surface area (Å²) in [7, 11) is 0. The van der Waals surface area contributed by atoms with Crippen molar-refractivity contribution < 1.29 is 22.3 Å². The van der Waals surface area contributed by atoms with Crippen LogP contribution in [0.5, 0.6) is 0 Å². The lowest BCUT2D eigenvalue weighted by atomic mass is 9.89. The summed E-state index contributed by atoms with van der Waals surface area (Å²) in [5.41, 5.74) is 0. The van der Waals surface area contributed by atoms with Crippen molar-refractivity contribution in [3.63, 3.8) is 0 Å². The third-order valence-corrected chi connectivity index (χ3v) is 2.54. The van der Waals surface area contributed by atoms with Crippen molar-refractivity contribution in [2.24, 2.45) is 5.92 Å². The molecule has 1 nitrogen and oxygen atoms in total. The molecule has 1 aliphatic carbocycles. The standard InChI is InChI=1S/C9H14F4O/c1-6-2-4-7(5-3-6)14-9(12,13)8(10)11/h6-8H,2-5H2,1H3. The van der Waals surface area contributed by atoms with E-state index in [4.69, 9.17) is 0 Å². The van der Waals surface area contributed by atoms with E-state index in [-0.39, 0.29) is 0 Å². The molecule has 1 aliphatic rings. The van der Waals surface area contributed by atoms with E-state index in [0.29, 0.717) is 18.8 Å². The molecule has 0 aliphatic heterocycles. The first-order valence-corrected chi connectivity index (χ1v) is 4.75. The summed E-state index contributed by atoms with van der Waals surface area (Å²) in [6.07, 6.45) is -6.30. The van der Waals surface area contributed by atoms with Gasteiger partial charge in [-0.2, -0.15) is 8.78 Å². The summed E-state index contributed by atoms with van der Waals surface area (Å²) in [5.74, 6) is 0.482. The molecule has 0 aromatic carbocycles. The van der Waals surface area contributed by atoms with Crippen LogP contribution < -0.4 is 0 Å². The summed E-state index contributed by atoms with van der Waals surface area (Å²) in [4.78, 5) is 0. The Hall–Kier alpha value is -0.320. The maximum absolute atomic E-state index is 12.5. The van der Waals surface area contributed by atoms with Gasteiger partial charge < -0.3 is 4.74 Å². The minimum absolute atomic E-state index is 0.448. The van der Waals surface area contributed by atoms with Crippen LogP contribution in [0.2, 0.25) is 0 Å². The predicted octanol–water partition coefficient (Wildman–Crippen LogP) is 3.44. The minimum Gasteiger partial charge on any atom is -0.313 e. The van der Waals surface area contributed by atoms with Crippen LogP contribution in [0.3, 0.4) is 0 Å². The third kappa shape index (κ3) is 3.12. The summed E-state index contributed by atoms with van der Waals surface area (Å²) in [6.45, 7) is 2.02. The Morgan fingerprint density at radius 1 is 1.14 bits per heavy atom. The molecule has 0 saturated heterocycles. The second-order valence-electron chi connectivity index (χ2n) is 3.86. The quantitative estimate of drug-likeness (QED) is 0.654. The molecule has 14 heavy (non-hydrogen) atoms. The molecular weight excluding hydrogens is 200 g/mol. The van der Waals surface area contributed by atoms with Gasteiger partial charge in [0, 0.05) is 0 Å². The number of hydrogen-bond acceptors (Lipinski definition) is 1. The maximum atomic E-state index is 12.5. The molecule has 0 radical (unpaired) electrons. The van der Waals surface area contributed by atoms with Crippen LogP contribution in [0.25, 0.3) is 0 Å². The van der Waals surface area contributed by atoms with Crippen LogP contribution in [0.1, 0.15) is 32.6 Å². The number of ether oxygens (including phenoxy) is 1. The molecule has 1 rings (SSSR count). The number of halogens is 4. The van der Waals surface area contributed by atoms with Gasteiger partial charge in [0.1, 0.15) is 0 Å². The molecule has 0 spiro atoms. The lowest BCUT2D eigenvalue weighted by molar-refractivity contribution is -0.321. The van der Waals surface area contributed by atoms with Crippen molar-refractivity contribution in [2.45, 2.75) is 51.2 Å². The first-order valence-electron chi connectivity index (χ1n) is 4.75. The SMILES string of the molecule is CC1CCC(OC(F)(F)C(F)F)CC1. The molecule has 0 N–H and O–H groups in total. The zero-order chi connectivity index (χ0) is 10.8. The van der Waals surface area contributed by atoms with E-state index in [1.807, 2.05) is 6.92 Å². The first-order chi connectivity index (χ1) is 6.42. The zero-order valence-corrected chi connectivity index (χ0v) is 7.98. The summed E-state index contributed by atoms with van der Waals surface area (Å²) < 4.78 is 52.6. The maximum Gasteiger partial charge on any atom is 0.416 e. The zero-order valence-electron chi connectivity index (χ0n) is 7.98. The van der Waals surface area contributed by atoms with Crippen LogP contribution in [0.4, 0.5) is 17.6 Å². The van der Waals surface area contributed by atoms with E-state index in [0.717, 1.165) is 12.8 Å². The predicted molar refractivity (Wildman–Crippen MR) is 43.5 cm³/mol. The molecule has 0 heterocycles. The topological polar surface area (TPSA) is 9.23 Å². The molecule has 84 valence electrons. The van der Waals surface area contributed by atoms with Crippen LogP contribution >= 0.6 is 0 Å². The van der Waals surface area contributed by atoms with Crippen molar-refractivity contribution in [1.82, 2.24) is 0 Å². The number of alkyl halides is 4. The van der Waals surface area contributed by atoms with Crippen LogP contribution in [0, 0.1) is 5.92 Å². The van der Waals surface area contributed by atoms with Crippen LogP contribution in [-0.2, 0) is 4.74 Å². The fourth-order valence-corrected chi connectivity index (χ4v) is 1.62. The summed E-state index contributed by atoms with van der Waals surface area (Å²) in [5, 5.41) is 0. The van der Waals surface area contributed by atoms with E-state index >= 15 is 0 Å². The fraction of sp³-hybridized carbons (Fsp3) is 1.00. The van der Waals surface area contributed by atoms with Gasteiger partial charge in [-0.3, -0.25) is 0 Å². The van der Waals surface area contributed by atoms with Crippen molar-refractivity contribution in [3.05, 3.63) is 0 Å². The van der Waals surface area contributed by atoms with Gasteiger partial charge in [0.2, 0.25) is 0 Å². The van der Waals surface area contributed by atoms with E-state index in [2.05, 4.69) is 4.74 Å². The lowest BCUT2D eigenvalue weighted by Crippen LogP contribution is -2.36. The molecule has 0 aromatic rings. The Balaban J connectivity index is 2.37. The Morgan fingerprint density at radius 3 is 2.07 bits per heavy atom. The molecule has 0 amide bonds. The van der Waals surface area contributed by atoms with Gasteiger partial charge in [0.15, 0.2) is 0 Å². The third-order valence-electron chi connectivity index (χ3n) is 2.54. The van der Waals surface area contributed by atoms with Crippen LogP contribution in [-0.4, -0.2) is 18.6 Å². The first kappa shape index (κ1) is 11.8. The second kappa shape index (κ2) is 4.47. The highest BCUT2D eigenvalue weighted by Crippen LogP contribution is 2.32. The van der Waals surface area contributed by atoms with Crippen molar-refractivity contribution in [1.29, 1.82) is 0 Å². The van der Waals surface area contributed by atoms with Gasteiger partial charge in [-0.05, 0) is 31.6 Å². The van der Waals surface area contributed by atoms with Gasteiger partial charge in [-0.1, -0.05) is 6.92 Å². The van der Waals surface area contributed by atoms with E-state index in [1.54, 1.807) is 0 Å². The smallest absolute Gasteiger partial charge is 0.313 e. The highest BCUT2D eigenvalue weighted by Gasteiger charge is 2.44. The summed E-state index contributed by atoms with van der Waals surface area (Å²) >= 11 is 0. The molecule has 1 fully saturated rings. The van der Waals surface area contributed by atoms with Gasteiger partial charge in [-0.25, -0.2) is 8.78 Å². The monoisotopic (exact) mass is 214 g/mol. The number of rotatable bonds is 3. The molecule has 0 atom stereocenters. The molecule has 0 unspecified atom stereocenters. The van der Waals surface area contributed by atoms with Crippen molar-refractivity contribution in [3.8, 4) is 0 Å². The summed E-state index contributed by atoms with van der Waals surface area (Å²) in [6, 6.07) is 0. The van der Waals surface area contributed by atoms with Gasteiger partial charge >= 0.3 is 12.5 Å². The average molecular weight is 214 g/mol. The Labute approximate surface area is 80.4 Å². The van der Waals surface area contributed by atoms with Crippen LogP contribution in [0.15, 0.2) is 0 Å². The Kier molecular flexibility index (Phi) is 3.75. The molecule has 1 saturated carbocycles. The fourth-order valence-electron chi connectivity index (χ4n) is 1.62. The van der Waals surface area contributed by atoms with Gasteiger partial charge in [0.05, 0.1) is 6.10 Å². The van der Waals surface area contributed by atoms with E-state index < -0.39 is 18.6 Å². The molecule has 0 aromatic heterocycles. The van der Waals surface area contributed by atoms with Crippen molar-refractivity contribution >= 4 is 0 Å². The van der Waals surface area contributed by atoms with Gasteiger partial charge in [-0.15, -0.1) is 0 Å². The Bertz CT molecular complexity index is 176. The van der Waals surface area contributed by atoms with Crippen molar-refractivity contribution in [2.75, 3.05) is 0 Å². The van der Waals surface area contributed by atoms with Gasteiger partial charge in [0.25, 0.3) is 0 Å². The normalized spacial score (nSPS) is 29.6. The average Bonchev–Trinajstić information content (AvgIpc) is 2.08. The highest BCUT2D eigenvalue weighted by atomic mass is 19.3. The van der Waals surface area contributed by atoms with E-state index in [9.17, 15) is 17.6 Å². The molecular formula is C9H14F4O. The molecule has 0 bridgehead atoms. The second-order valence-corrected chi connectivity index (χ2v) is 3.86. The minimum atomic E-state index is -4.29. The lowest BCUT2D eigenvalue weighted by Gasteiger charge is -2.29. The largest absolute Gasteiger partial charge is 0.416 e. The number of hydrogen-bond donors (Lipinski definition) is 0. The highest BCUT2D eigenvalue weighted by molar-refractivity contribution is 4.72. The van der Waals surface area contributed by atoms with E-state index in [1.165, 1.54) is 0 Å².